The number of amides is 1. The molecule has 3 aromatic rings. The van der Waals surface area contributed by atoms with Gasteiger partial charge in [0, 0.05) is 38.6 Å². The molecule has 13 heteroatoms. The van der Waals surface area contributed by atoms with Crippen LogP contribution in [0, 0.1) is 13.8 Å². The lowest BCUT2D eigenvalue weighted by atomic mass is 9.75. The maximum absolute atomic E-state index is 13.7. The Balaban J connectivity index is 1.24. The van der Waals surface area contributed by atoms with E-state index >= 15 is 0 Å². The number of benzene rings is 3. The van der Waals surface area contributed by atoms with Crippen LogP contribution in [0.2, 0.25) is 0 Å². The fraction of sp³-hybridized carbons (Fsp3) is 0.321. The minimum atomic E-state index is -5.53. The van der Waals surface area contributed by atoms with Gasteiger partial charge < -0.3 is 26.8 Å². The molecule has 41 heavy (non-hydrogen) atoms. The third kappa shape index (κ3) is 6.06. The van der Waals surface area contributed by atoms with Gasteiger partial charge in [-0.15, -0.1) is 5.46 Å². The van der Waals surface area contributed by atoms with Crippen LogP contribution in [0.15, 0.2) is 54.6 Å². The lowest BCUT2D eigenvalue weighted by Gasteiger charge is -2.35. The molecule has 0 atom stereocenters. The molecule has 0 unspecified atom stereocenters. The SMILES string of the molecule is Cc1c(CN2CCN(C(=O)OCC3c4ccccc4-c4ccccc43)CC2)cc([B-](F)(F)F)c(C)c1OS(=O)(=O)F. The van der Waals surface area contributed by atoms with Gasteiger partial charge in [-0.05, 0) is 52.8 Å². The summed E-state index contributed by atoms with van der Waals surface area (Å²) in [7, 11) is -5.53. The minimum Gasteiger partial charge on any atom is -0.448 e. The molecule has 5 rings (SSSR count). The van der Waals surface area contributed by atoms with Crippen LogP contribution in [0.25, 0.3) is 11.1 Å². The van der Waals surface area contributed by atoms with E-state index in [1.807, 2.05) is 41.3 Å². The van der Waals surface area contributed by atoms with Crippen molar-refractivity contribution in [3.63, 3.8) is 0 Å². The number of hydrogen-bond acceptors (Lipinski definition) is 6. The van der Waals surface area contributed by atoms with E-state index in [2.05, 4.69) is 16.3 Å². The molecule has 1 aliphatic carbocycles. The Morgan fingerprint density at radius 2 is 1.49 bits per heavy atom. The third-order valence-corrected chi connectivity index (χ3v) is 8.19. The van der Waals surface area contributed by atoms with E-state index in [1.165, 1.54) is 6.92 Å². The summed E-state index contributed by atoms with van der Waals surface area (Å²) in [5.41, 5.74) is 3.19. The van der Waals surface area contributed by atoms with E-state index in [0.717, 1.165) is 35.2 Å². The second-order valence-electron chi connectivity index (χ2n) is 10.3. The van der Waals surface area contributed by atoms with Gasteiger partial charge in [0.05, 0.1) is 0 Å². The van der Waals surface area contributed by atoms with Gasteiger partial charge in [0.15, 0.2) is 0 Å². The zero-order valence-electron chi connectivity index (χ0n) is 22.4. The molecule has 1 fully saturated rings. The van der Waals surface area contributed by atoms with E-state index in [0.29, 0.717) is 26.2 Å². The topological polar surface area (TPSA) is 76.2 Å². The Hall–Kier alpha value is -3.58. The van der Waals surface area contributed by atoms with Crippen LogP contribution >= 0.6 is 0 Å². The smallest absolute Gasteiger partial charge is 0.448 e. The molecule has 0 radical (unpaired) electrons. The molecule has 1 aliphatic heterocycles. The van der Waals surface area contributed by atoms with E-state index in [1.54, 1.807) is 4.90 Å². The van der Waals surface area contributed by atoms with Gasteiger partial charge in [0.25, 0.3) is 0 Å². The highest BCUT2D eigenvalue weighted by Gasteiger charge is 2.33. The summed E-state index contributed by atoms with van der Waals surface area (Å²) < 4.78 is 86.7. The molecule has 1 saturated heterocycles. The summed E-state index contributed by atoms with van der Waals surface area (Å²) >= 11 is 0. The van der Waals surface area contributed by atoms with Crippen LogP contribution in [0.1, 0.15) is 33.7 Å². The average molecular weight is 591 g/mol. The van der Waals surface area contributed by atoms with E-state index in [9.17, 15) is 30.0 Å². The Morgan fingerprint density at radius 1 is 0.927 bits per heavy atom. The van der Waals surface area contributed by atoms with E-state index in [4.69, 9.17) is 4.74 Å². The first kappa shape index (κ1) is 28.9. The van der Waals surface area contributed by atoms with E-state index in [-0.39, 0.29) is 30.2 Å². The third-order valence-electron chi connectivity index (χ3n) is 7.82. The molecule has 7 nitrogen and oxygen atoms in total. The van der Waals surface area contributed by atoms with Crippen molar-refractivity contribution in [2.24, 2.45) is 0 Å². The minimum absolute atomic E-state index is 0.0342. The summed E-state index contributed by atoms with van der Waals surface area (Å²) in [4.78, 5) is 16.3. The van der Waals surface area contributed by atoms with Gasteiger partial charge in [-0.2, -0.15) is 8.42 Å². The zero-order chi connectivity index (χ0) is 29.5. The van der Waals surface area contributed by atoms with Crippen LogP contribution in [0.3, 0.4) is 0 Å². The van der Waals surface area contributed by atoms with Crippen LogP contribution in [0.4, 0.5) is 21.6 Å². The fourth-order valence-electron chi connectivity index (χ4n) is 5.71. The quantitative estimate of drug-likeness (QED) is 0.218. The molecule has 2 aliphatic rings. The van der Waals surface area contributed by atoms with Gasteiger partial charge in [0.2, 0.25) is 0 Å². The maximum atomic E-state index is 13.7. The number of carbonyl (C=O) groups excluding carboxylic acids is 1. The van der Waals surface area contributed by atoms with Gasteiger partial charge in [-0.25, -0.2) is 4.79 Å². The Labute approximate surface area is 236 Å². The summed E-state index contributed by atoms with van der Waals surface area (Å²) in [5.74, 6) is -0.734. The van der Waals surface area contributed by atoms with Crippen LogP contribution < -0.4 is 9.65 Å². The molecule has 218 valence electrons. The van der Waals surface area contributed by atoms with Crippen molar-refractivity contribution in [1.82, 2.24) is 9.80 Å². The first-order chi connectivity index (χ1) is 19.3. The molecule has 3 aromatic carbocycles. The van der Waals surface area contributed by atoms with Crippen molar-refractivity contribution in [1.29, 1.82) is 0 Å². The number of hydrogen-bond donors (Lipinski definition) is 0. The summed E-state index contributed by atoms with van der Waals surface area (Å²) in [6.07, 6.45) is -0.469. The zero-order valence-corrected chi connectivity index (χ0v) is 23.3. The van der Waals surface area contributed by atoms with Gasteiger partial charge in [0.1, 0.15) is 12.4 Å². The number of carbonyl (C=O) groups is 1. The summed E-state index contributed by atoms with van der Waals surface area (Å²) in [5, 5.41) is 0. The highest BCUT2D eigenvalue weighted by atomic mass is 32.3. The number of ether oxygens (including phenoxy) is 1. The Bertz CT molecular complexity index is 1550. The van der Waals surface area contributed by atoms with Crippen LogP contribution in [-0.2, 0) is 21.8 Å². The van der Waals surface area contributed by atoms with Crippen molar-refractivity contribution in [3.05, 3.63) is 82.4 Å². The second-order valence-corrected chi connectivity index (χ2v) is 11.3. The van der Waals surface area contributed by atoms with Gasteiger partial charge in [-0.1, -0.05) is 58.5 Å². The summed E-state index contributed by atoms with van der Waals surface area (Å²) in [6, 6.07) is 17.0. The molecule has 0 aromatic heterocycles. The largest absolute Gasteiger partial charge is 0.510 e. The standard InChI is InChI=1S/C28H28BF4N2O5S/c1-18-20(15-26(29(30,31)32)19(2)27(18)40-41(33,37)38)16-34-11-13-35(14-12-34)28(36)39-17-25-23-9-5-3-7-21(23)22-8-4-6-10-24(22)25/h3-10,15,25H,11-14,16-17H2,1-2H3/q-1. The number of fused-ring (bicyclic) bond motifs is 3. The maximum Gasteiger partial charge on any atom is 0.510 e. The Morgan fingerprint density at radius 3 is 2.02 bits per heavy atom. The number of nitrogens with zero attached hydrogens (tertiary/aromatic N) is 2. The van der Waals surface area contributed by atoms with Crippen LogP contribution in [0.5, 0.6) is 5.75 Å². The predicted octanol–water partition coefficient (Wildman–Crippen LogP) is 5.02. The number of halogens is 4. The first-order valence-electron chi connectivity index (χ1n) is 13.1. The summed E-state index contributed by atoms with van der Waals surface area (Å²) in [6.45, 7) is -1.57. The second kappa shape index (κ2) is 11.0. The molecular weight excluding hydrogens is 563 g/mol. The molecule has 0 N–H and O–H groups in total. The normalized spacial score (nSPS) is 15.9. The molecule has 1 amide bonds. The molecule has 0 saturated carbocycles. The molecule has 0 spiro atoms. The monoisotopic (exact) mass is 591 g/mol. The highest BCUT2D eigenvalue weighted by Crippen LogP contribution is 2.44. The molecular formula is C28H28BF4N2O5S-. The highest BCUT2D eigenvalue weighted by molar-refractivity contribution is 7.81. The lowest BCUT2D eigenvalue weighted by molar-refractivity contribution is 0.0728. The van der Waals surface area contributed by atoms with Crippen molar-refractivity contribution in [2.75, 3.05) is 32.8 Å². The van der Waals surface area contributed by atoms with Gasteiger partial charge >= 0.3 is 23.6 Å². The fourth-order valence-corrected chi connectivity index (χ4v) is 6.15. The first-order valence-corrected chi connectivity index (χ1v) is 14.4. The van der Waals surface area contributed by atoms with Crippen LogP contribution in [-0.4, -0.2) is 64.1 Å². The predicted molar refractivity (Wildman–Crippen MR) is 147 cm³/mol. The molecule has 1 heterocycles. The molecule has 0 bridgehead atoms. The number of rotatable bonds is 7. The number of piperazine rings is 1. The lowest BCUT2D eigenvalue weighted by Crippen LogP contribution is -2.48. The van der Waals surface area contributed by atoms with Crippen molar-refractivity contribution in [3.8, 4) is 16.9 Å². The Kier molecular flexibility index (Phi) is 7.77. The van der Waals surface area contributed by atoms with Crippen molar-refractivity contribution in [2.45, 2.75) is 26.3 Å². The van der Waals surface area contributed by atoms with Crippen molar-refractivity contribution >= 4 is 29.0 Å². The van der Waals surface area contributed by atoms with Crippen molar-refractivity contribution < 1.29 is 39.0 Å². The van der Waals surface area contributed by atoms with E-state index < -0.39 is 40.4 Å². The average Bonchev–Trinajstić information content (AvgIpc) is 3.24. The van der Waals surface area contributed by atoms with Gasteiger partial charge in [-0.3, -0.25) is 4.90 Å².